The standard InChI is InChI=1S/C24H29N5O5S/c1-4-10-27-23(32)17(14-25)12-22-29(5-2)24(33)20(35-22)9-11-26-18-7-6-8-19(13-18)28-21(31)15-34-16(3)30/h1,6-8,13,17,20,22,26H,5,9-12,15H2,2-3H3,(H,27,32)(H,28,31). The number of carbonyl (C=O) groups is 4. The number of terminal acetylenes is 1. The molecule has 0 saturated carbocycles. The second-order valence-corrected chi connectivity index (χ2v) is 9.05. The minimum Gasteiger partial charge on any atom is -0.456 e. The molecule has 3 atom stereocenters. The van der Waals surface area contributed by atoms with Crippen molar-refractivity contribution in [3.8, 4) is 18.4 Å². The van der Waals surface area contributed by atoms with Gasteiger partial charge in [0.2, 0.25) is 11.8 Å². The number of nitrogens with zero attached hydrogens (tertiary/aromatic N) is 2. The molecule has 1 aliphatic rings. The summed E-state index contributed by atoms with van der Waals surface area (Å²) in [6.45, 7) is 3.78. The summed E-state index contributed by atoms with van der Waals surface area (Å²) >= 11 is 1.46. The van der Waals surface area contributed by atoms with Gasteiger partial charge in [0.25, 0.3) is 5.91 Å². The van der Waals surface area contributed by atoms with Crippen molar-refractivity contribution in [2.75, 3.05) is 36.9 Å². The fourth-order valence-corrected chi connectivity index (χ4v) is 5.07. The van der Waals surface area contributed by atoms with Crippen LogP contribution in [0, 0.1) is 29.6 Å². The first-order valence-electron chi connectivity index (χ1n) is 11.1. The maximum Gasteiger partial charge on any atom is 0.303 e. The first kappa shape index (κ1) is 27.5. The maximum atomic E-state index is 12.9. The Morgan fingerprint density at radius 1 is 1.31 bits per heavy atom. The molecule has 1 fully saturated rings. The molecule has 0 bridgehead atoms. The number of rotatable bonds is 12. The largest absolute Gasteiger partial charge is 0.456 e. The number of hydrogen-bond acceptors (Lipinski definition) is 8. The van der Waals surface area contributed by atoms with E-state index in [0.717, 1.165) is 5.69 Å². The monoisotopic (exact) mass is 499 g/mol. The highest BCUT2D eigenvalue weighted by Crippen LogP contribution is 2.37. The summed E-state index contributed by atoms with van der Waals surface area (Å²) in [7, 11) is 0. The summed E-state index contributed by atoms with van der Waals surface area (Å²) < 4.78 is 4.67. The molecule has 1 aromatic carbocycles. The highest BCUT2D eigenvalue weighted by molar-refractivity contribution is 8.01. The van der Waals surface area contributed by atoms with E-state index in [4.69, 9.17) is 6.42 Å². The van der Waals surface area contributed by atoms with Crippen molar-refractivity contribution in [3.05, 3.63) is 24.3 Å². The zero-order valence-electron chi connectivity index (χ0n) is 19.7. The zero-order chi connectivity index (χ0) is 25.8. The van der Waals surface area contributed by atoms with Crippen LogP contribution >= 0.6 is 11.8 Å². The molecule has 0 aromatic heterocycles. The molecule has 35 heavy (non-hydrogen) atoms. The Kier molecular flexibility index (Phi) is 10.9. The fourth-order valence-electron chi connectivity index (χ4n) is 3.48. The third-order valence-corrected chi connectivity index (χ3v) is 6.66. The molecule has 3 N–H and O–H groups in total. The summed E-state index contributed by atoms with van der Waals surface area (Å²) in [6, 6.07) is 9.06. The van der Waals surface area contributed by atoms with Crippen LogP contribution in [-0.4, -0.2) is 65.5 Å². The quantitative estimate of drug-likeness (QED) is 0.291. The first-order valence-corrected chi connectivity index (χ1v) is 12.1. The van der Waals surface area contributed by atoms with Gasteiger partial charge in [-0.15, -0.1) is 18.2 Å². The Hall–Kier alpha value is -3.70. The van der Waals surface area contributed by atoms with E-state index in [0.29, 0.717) is 25.2 Å². The van der Waals surface area contributed by atoms with Gasteiger partial charge in [-0.25, -0.2) is 0 Å². The number of hydrogen-bond donors (Lipinski definition) is 3. The van der Waals surface area contributed by atoms with Crippen molar-refractivity contribution in [2.45, 2.75) is 37.3 Å². The first-order chi connectivity index (χ1) is 16.8. The third kappa shape index (κ3) is 8.54. The van der Waals surface area contributed by atoms with Crippen LogP contribution in [0.3, 0.4) is 0 Å². The van der Waals surface area contributed by atoms with E-state index in [1.54, 1.807) is 23.1 Å². The van der Waals surface area contributed by atoms with Gasteiger partial charge in [0.05, 0.1) is 23.2 Å². The lowest BCUT2D eigenvalue weighted by Gasteiger charge is -2.23. The van der Waals surface area contributed by atoms with Crippen LogP contribution in [0.15, 0.2) is 24.3 Å². The van der Waals surface area contributed by atoms with E-state index >= 15 is 0 Å². The minimum absolute atomic E-state index is 0.0171. The van der Waals surface area contributed by atoms with E-state index in [1.165, 1.54) is 18.7 Å². The predicted octanol–water partition coefficient (Wildman–Crippen LogP) is 1.56. The number of esters is 1. The lowest BCUT2D eigenvalue weighted by Crippen LogP contribution is -2.38. The molecule has 1 heterocycles. The molecule has 0 aliphatic carbocycles. The van der Waals surface area contributed by atoms with E-state index in [2.05, 4.69) is 26.6 Å². The second-order valence-electron chi connectivity index (χ2n) is 7.67. The SMILES string of the molecule is C#CCNC(=O)C(C#N)CC1SC(CCNc2cccc(NC(=O)COC(C)=O)c2)C(=O)N1CC. The molecular formula is C24H29N5O5S. The average Bonchev–Trinajstić information content (AvgIpc) is 3.13. The van der Waals surface area contributed by atoms with Crippen molar-refractivity contribution in [1.82, 2.24) is 10.2 Å². The number of anilines is 2. The summed E-state index contributed by atoms with van der Waals surface area (Å²) in [4.78, 5) is 49.4. The second kappa shape index (κ2) is 13.9. The summed E-state index contributed by atoms with van der Waals surface area (Å²) in [5, 5.41) is 17.3. The molecule has 3 unspecified atom stereocenters. The van der Waals surface area contributed by atoms with Gasteiger partial charge in [0, 0.05) is 37.8 Å². The Morgan fingerprint density at radius 2 is 2.06 bits per heavy atom. The van der Waals surface area contributed by atoms with Gasteiger partial charge < -0.3 is 25.6 Å². The molecule has 0 spiro atoms. The van der Waals surface area contributed by atoms with Crippen LogP contribution in [0.2, 0.25) is 0 Å². The van der Waals surface area contributed by atoms with Crippen LogP contribution in [0.4, 0.5) is 11.4 Å². The Labute approximate surface area is 209 Å². The van der Waals surface area contributed by atoms with Crippen molar-refractivity contribution < 1.29 is 23.9 Å². The number of benzene rings is 1. The summed E-state index contributed by atoms with van der Waals surface area (Å²) in [5.41, 5.74) is 1.30. The number of ether oxygens (including phenoxy) is 1. The van der Waals surface area contributed by atoms with Gasteiger partial charge in [-0.3, -0.25) is 19.2 Å². The lowest BCUT2D eigenvalue weighted by molar-refractivity contribution is -0.144. The Balaban J connectivity index is 1.89. The summed E-state index contributed by atoms with van der Waals surface area (Å²) in [6.07, 6.45) is 5.93. The number of nitrogens with one attached hydrogen (secondary N) is 3. The number of amides is 3. The van der Waals surface area contributed by atoms with Gasteiger partial charge >= 0.3 is 5.97 Å². The highest BCUT2D eigenvalue weighted by atomic mass is 32.2. The molecule has 1 saturated heterocycles. The molecule has 0 radical (unpaired) electrons. The predicted molar refractivity (Wildman–Crippen MR) is 133 cm³/mol. The maximum absolute atomic E-state index is 12.9. The van der Waals surface area contributed by atoms with Gasteiger partial charge in [-0.05, 0) is 31.5 Å². The Bertz CT molecular complexity index is 1020. The highest BCUT2D eigenvalue weighted by Gasteiger charge is 2.40. The summed E-state index contributed by atoms with van der Waals surface area (Å²) in [5.74, 6) is -0.00889. The van der Waals surface area contributed by atoms with Crippen LogP contribution in [0.25, 0.3) is 0 Å². The van der Waals surface area contributed by atoms with E-state index < -0.39 is 23.7 Å². The molecular weight excluding hydrogens is 470 g/mol. The van der Waals surface area contributed by atoms with Crippen molar-refractivity contribution in [1.29, 1.82) is 5.26 Å². The van der Waals surface area contributed by atoms with Gasteiger partial charge in [-0.1, -0.05) is 12.0 Å². The zero-order valence-corrected chi connectivity index (χ0v) is 20.5. The molecule has 2 rings (SSSR count). The number of thioether (sulfide) groups is 1. The third-order valence-electron chi connectivity index (χ3n) is 5.13. The van der Waals surface area contributed by atoms with Gasteiger partial charge in [-0.2, -0.15) is 5.26 Å². The van der Waals surface area contributed by atoms with E-state index in [1.807, 2.05) is 19.1 Å². The molecule has 1 aliphatic heterocycles. The van der Waals surface area contributed by atoms with Crippen LogP contribution in [0.1, 0.15) is 26.7 Å². The smallest absolute Gasteiger partial charge is 0.303 e. The lowest BCUT2D eigenvalue weighted by atomic mass is 10.1. The average molecular weight is 500 g/mol. The normalized spacial score (nSPS) is 17.6. The van der Waals surface area contributed by atoms with Crippen molar-refractivity contribution in [3.63, 3.8) is 0 Å². The minimum atomic E-state index is -0.890. The fraction of sp³-hybridized carbons (Fsp3) is 0.458. The van der Waals surface area contributed by atoms with Crippen molar-refractivity contribution in [2.24, 2.45) is 5.92 Å². The van der Waals surface area contributed by atoms with Crippen LogP contribution < -0.4 is 16.0 Å². The van der Waals surface area contributed by atoms with Crippen LogP contribution in [-0.2, 0) is 23.9 Å². The Morgan fingerprint density at radius 3 is 2.71 bits per heavy atom. The van der Waals surface area contributed by atoms with Crippen LogP contribution in [0.5, 0.6) is 0 Å². The number of carbonyl (C=O) groups excluding carboxylic acids is 4. The molecule has 3 amide bonds. The van der Waals surface area contributed by atoms with Gasteiger partial charge in [0.15, 0.2) is 6.61 Å². The molecule has 11 heteroatoms. The molecule has 1 aromatic rings. The van der Waals surface area contributed by atoms with E-state index in [9.17, 15) is 24.4 Å². The molecule has 10 nitrogen and oxygen atoms in total. The molecule has 186 valence electrons. The van der Waals surface area contributed by atoms with Crippen molar-refractivity contribution >= 4 is 46.8 Å². The van der Waals surface area contributed by atoms with E-state index in [-0.39, 0.29) is 36.1 Å². The topological polar surface area (TPSA) is 141 Å². The van der Waals surface area contributed by atoms with Gasteiger partial charge in [0.1, 0.15) is 5.92 Å². The number of nitriles is 1.